The highest BCUT2D eigenvalue weighted by Crippen LogP contribution is 2.40. The number of thiazole rings is 1. The Bertz CT molecular complexity index is 2140. The summed E-state index contributed by atoms with van der Waals surface area (Å²) in [7, 11) is 0. The molecule has 2 aliphatic rings. The van der Waals surface area contributed by atoms with Gasteiger partial charge in [0.2, 0.25) is 6.79 Å². The fourth-order valence-corrected chi connectivity index (χ4v) is 6.46. The number of hydrogen-bond acceptors (Lipinski definition) is 8. The number of aryl methyl sites for hydroxylation is 1. The standard InChI is InChI=1S/C34H25ClN2O6S/c1-3-40-33(39)29-30(20-7-5-4-6-8-20)36-34-37(31(29)22-11-13-26-27(16-22)42-18-41-26)32(38)28(44-34)17-23-12-14-25(43-23)21-10-9-19(2)24(35)15-21/h4-17,31H,3,18H2,1-2H3/b28-17-/t31-/m1/s1. The van der Waals surface area contributed by atoms with E-state index in [1.807, 2.05) is 67.6 Å². The average Bonchev–Trinajstić information content (AvgIpc) is 3.77. The van der Waals surface area contributed by atoms with Crippen molar-refractivity contribution in [1.29, 1.82) is 0 Å². The minimum Gasteiger partial charge on any atom is -0.463 e. The predicted molar refractivity (Wildman–Crippen MR) is 168 cm³/mol. The number of halogens is 1. The van der Waals surface area contributed by atoms with Crippen LogP contribution in [-0.4, -0.2) is 23.9 Å². The summed E-state index contributed by atoms with van der Waals surface area (Å²) >= 11 is 7.55. The zero-order valence-electron chi connectivity index (χ0n) is 23.7. The van der Waals surface area contributed by atoms with Crippen LogP contribution < -0.4 is 24.4 Å². The number of aromatic nitrogens is 1. The Labute approximate surface area is 260 Å². The largest absolute Gasteiger partial charge is 0.463 e. The fourth-order valence-electron chi connectivity index (χ4n) is 5.30. The first-order valence-corrected chi connectivity index (χ1v) is 15.1. The molecule has 0 fully saturated rings. The lowest BCUT2D eigenvalue weighted by molar-refractivity contribution is -0.138. The molecule has 5 aromatic rings. The van der Waals surface area contributed by atoms with Crippen molar-refractivity contribution < 1.29 is 23.4 Å². The molecule has 0 amide bonds. The second-order valence-electron chi connectivity index (χ2n) is 10.2. The highest BCUT2D eigenvalue weighted by molar-refractivity contribution is 7.07. The number of esters is 1. The van der Waals surface area contributed by atoms with Crippen LogP contribution in [0.2, 0.25) is 5.02 Å². The van der Waals surface area contributed by atoms with Gasteiger partial charge in [0.1, 0.15) is 11.5 Å². The molecule has 220 valence electrons. The number of fused-ring (bicyclic) bond motifs is 2. The van der Waals surface area contributed by atoms with E-state index in [0.29, 0.717) is 48.6 Å². The molecule has 44 heavy (non-hydrogen) atoms. The van der Waals surface area contributed by atoms with E-state index in [2.05, 4.69) is 0 Å². The van der Waals surface area contributed by atoms with Gasteiger partial charge in [0, 0.05) is 22.2 Å². The molecule has 0 unspecified atom stereocenters. The first-order valence-electron chi connectivity index (χ1n) is 14.0. The summed E-state index contributed by atoms with van der Waals surface area (Å²) in [6.07, 6.45) is 1.69. The van der Waals surface area contributed by atoms with Crippen LogP contribution in [0.15, 0.2) is 98.6 Å². The van der Waals surface area contributed by atoms with E-state index < -0.39 is 12.0 Å². The number of carbonyl (C=O) groups is 1. The van der Waals surface area contributed by atoms with Crippen molar-refractivity contribution in [1.82, 2.24) is 4.57 Å². The Hall–Kier alpha value is -4.86. The van der Waals surface area contributed by atoms with Crippen molar-refractivity contribution in [2.24, 2.45) is 4.99 Å². The quantitative estimate of drug-likeness (QED) is 0.219. The Kier molecular flexibility index (Phi) is 7.20. The van der Waals surface area contributed by atoms with Gasteiger partial charge in [-0.3, -0.25) is 9.36 Å². The maximum Gasteiger partial charge on any atom is 0.338 e. The van der Waals surface area contributed by atoms with Crippen LogP contribution >= 0.6 is 22.9 Å². The first kappa shape index (κ1) is 27.9. The molecule has 1 atom stereocenters. The molecule has 8 nitrogen and oxygen atoms in total. The fraction of sp³-hybridized carbons (Fsp3) is 0.147. The molecule has 4 heterocycles. The average molecular weight is 625 g/mol. The molecule has 0 radical (unpaired) electrons. The third-order valence-corrected chi connectivity index (χ3v) is 8.83. The van der Waals surface area contributed by atoms with Crippen LogP contribution in [0.3, 0.4) is 0 Å². The van der Waals surface area contributed by atoms with Crippen LogP contribution in [-0.2, 0) is 9.53 Å². The van der Waals surface area contributed by atoms with Gasteiger partial charge in [-0.2, -0.15) is 0 Å². The van der Waals surface area contributed by atoms with E-state index in [1.165, 1.54) is 15.9 Å². The molecule has 0 saturated heterocycles. The van der Waals surface area contributed by atoms with E-state index in [9.17, 15) is 9.59 Å². The van der Waals surface area contributed by atoms with Crippen LogP contribution in [0.25, 0.3) is 23.1 Å². The maximum atomic E-state index is 14.2. The van der Waals surface area contributed by atoms with Crippen molar-refractivity contribution in [2.75, 3.05) is 13.4 Å². The van der Waals surface area contributed by atoms with Crippen molar-refractivity contribution in [3.63, 3.8) is 0 Å². The molecule has 7 rings (SSSR count). The summed E-state index contributed by atoms with van der Waals surface area (Å²) in [6.45, 7) is 3.94. The van der Waals surface area contributed by atoms with Crippen LogP contribution in [0.1, 0.15) is 35.4 Å². The predicted octanol–water partition coefficient (Wildman–Crippen LogP) is 5.89. The lowest BCUT2D eigenvalue weighted by Crippen LogP contribution is -2.40. The van der Waals surface area contributed by atoms with Crippen LogP contribution in [0, 0.1) is 6.92 Å². The molecule has 10 heteroatoms. The Balaban J connectivity index is 1.42. The summed E-state index contributed by atoms with van der Waals surface area (Å²) in [5.41, 5.74) is 3.56. The second-order valence-corrected chi connectivity index (χ2v) is 11.6. The van der Waals surface area contributed by atoms with Gasteiger partial charge >= 0.3 is 5.97 Å². The highest BCUT2D eigenvalue weighted by Gasteiger charge is 2.36. The Morgan fingerprint density at radius 1 is 1.05 bits per heavy atom. The number of hydrogen-bond donors (Lipinski definition) is 0. The van der Waals surface area contributed by atoms with Gasteiger partial charge in [0.05, 0.1) is 28.5 Å². The number of rotatable bonds is 6. The van der Waals surface area contributed by atoms with Gasteiger partial charge in [-0.25, -0.2) is 9.79 Å². The molecule has 0 bridgehead atoms. The Morgan fingerprint density at radius 2 is 1.86 bits per heavy atom. The number of carbonyl (C=O) groups excluding carboxylic acids is 1. The number of furan rings is 1. The monoisotopic (exact) mass is 624 g/mol. The summed E-state index contributed by atoms with van der Waals surface area (Å²) < 4.78 is 24.7. The van der Waals surface area contributed by atoms with Gasteiger partial charge in [-0.1, -0.05) is 71.5 Å². The number of ether oxygens (including phenoxy) is 3. The molecule has 2 aliphatic heterocycles. The lowest BCUT2D eigenvalue weighted by atomic mass is 9.93. The second kappa shape index (κ2) is 11.3. The van der Waals surface area contributed by atoms with E-state index >= 15 is 0 Å². The van der Waals surface area contributed by atoms with Gasteiger partial charge in [0.25, 0.3) is 5.56 Å². The van der Waals surface area contributed by atoms with Gasteiger partial charge in [-0.05, 0) is 55.3 Å². The van der Waals surface area contributed by atoms with Crippen LogP contribution in [0.4, 0.5) is 0 Å². The van der Waals surface area contributed by atoms with Crippen molar-refractivity contribution in [2.45, 2.75) is 19.9 Å². The maximum absolute atomic E-state index is 14.2. The lowest BCUT2D eigenvalue weighted by Gasteiger charge is -2.26. The summed E-state index contributed by atoms with van der Waals surface area (Å²) in [4.78, 5) is 33.1. The van der Waals surface area contributed by atoms with Crippen LogP contribution in [0.5, 0.6) is 11.5 Å². The molecule has 0 saturated carbocycles. The number of benzene rings is 3. The third-order valence-electron chi connectivity index (χ3n) is 7.44. The topological polar surface area (TPSA) is 92.3 Å². The molecule has 0 aliphatic carbocycles. The molecule has 2 aromatic heterocycles. The SMILES string of the molecule is CCOC(=O)C1=C(c2ccccc2)N=c2s/c(=C\c3ccc(-c4ccc(C)c(Cl)c4)o3)c(=O)n2[C@@H]1c1ccc2c(c1)OCO2. The van der Waals surface area contributed by atoms with Crippen molar-refractivity contribution >= 4 is 40.7 Å². The summed E-state index contributed by atoms with van der Waals surface area (Å²) in [5, 5.41) is 0.643. The van der Waals surface area contributed by atoms with Gasteiger partial charge < -0.3 is 18.6 Å². The molecule has 3 aromatic carbocycles. The van der Waals surface area contributed by atoms with E-state index in [0.717, 1.165) is 16.7 Å². The van der Waals surface area contributed by atoms with E-state index in [1.54, 1.807) is 31.2 Å². The summed E-state index contributed by atoms with van der Waals surface area (Å²) in [5.74, 6) is 1.69. The molecular formula is C34H25ClN2O6S. The zero-order valence-corrected chi connectivity index (χ0v) is 25.3. The smallest absolute Gasteiger partial charge is 0.338 e. The molecular weight excluding hydrogens is 600 g/mol. The van der Waals surface area contributed by atoms with E-state index in [-0.39, 0.29) is 24.5 Å². The molecule has 0 spiro atoms. The Morgan fingerprint density at radius 3 is 2.66 bits per heavy atom. The first-order chi connectivity index (χ1) is 21.4. The van der Waals surface area contributed by atoms with Crippen molar-refractivity contribution in [3.8, 4) is 22.8 Å². The minimum absolute atomic E-state index is 0.0946. The minimum atomic E-state index is -0.834. The highest BCUT2D eigenvalue weighted by atomic mass is 35.5. The zero-order chi connectivity index (χ0) is 30.4. The third kappa shape index (κ3) is 4.94. The summed E-state index contributed by atoms with van der Waals surface area (Å²) in [6, 6.07) is 23.3. The normalized spacial score (nSPS) is 15.7. The van der Waals surface area contributed by atoms with Crippen molar-refractivity contribution in [3.05, 3.63) is 132 Å². The van der Waals surface area contributed by atoms with Gasteiger partial charge in [0.15, 0.2) is 16.3 Å². The van der Waals surface area contributed by atoms with E-state index in [4.69, 9.17) is 35.2 Å². The molecule has 0 N–H and O–H groups in total. The van der Waals surface area contributed by atoms with Gasteiger partial charge in [-0.15, -0.1) is 0 Å². The number of nitrogens with zero attached hydrogens (tertiary/aromatic N) is 2.